The number of amides is 1. The summed E-state index contributed by atoms with van der Waals surface area (Å²) in [7, 11) is 1.52. The van der Waals surface area contributed by atoms with E-state index >= 15 is 0 Å². The van der Waals surface area contributed by atoms with Crippen LogP contribution in [0, 0.1) is 0 Å². The Morgan fingerprint density at radius 3 is 2.48 bits per heavy atom. The van der Waals surface area contributed by atoms with Gasteiger partial charge in [-0.15, -0.1) is 0 Å². The van der Waals surface area contributed by atoms with Crippen molar-refractivity contribution in [2.75, 3.05) is 13.2 Å². The van der Waals surface area contributed by atoms with Crippen molar-refractivity contribution in [3.8, 4) is 0 Å². The fourth-order valence-electron chi connectivity index (χ4n) is 3.04. The number of alkyl halides is 3. The number of hydrogen-bond acceptors (Lipinski definition) is 4. The normalized spacial score (nSPS) is 15.5. The van der Waals surface area contributed by atoms with Crippen molar-refractivity contribution in [2.24, 2.45) is 7.05 Å². The first kappa shape index (κ1) is 20.8. The van der Waals surface area contributed by atoms with Gasteiger partial charge in [-0.2, -0.15) is 13.2 Å². The molecule has 0 bridgehead atoms. The van der Waals surface area contributed by atoms with Crippen molar-refractivity contribution in [1.82, 2.24) is 9.88 Å². The number of rotatable bonds is 6. The zero-order chi connectivity index (χ0) is 21.4. The highest BCUT2D eigenvalue weighted by Crippen LogP contribution is 2.29. The minimum atomic E-state index is -4.50. The van der Waals surface area contributed by atoms with Gasteiger partial charge in [0, 0.05) is 25.2 Å². The SMILES string of the molecule is Cn1cc(C(=O)C(=O)NC2(C)COC2)cc1C(=O)Cc1cccc(C(F)(F)F)c1. The molecule has 1 fully saturated rings. The lowest BCUT2D eigenvalue weighted by atomic mass is 10.00. The molecule has 0 atom stereocenters. The highest BCUT2D eigenvalue weighted by atomic mass is 19.4. The third-order valence-corrected chi connectivity index (χ3v) is 4.63. The third-order valence-electron chi connectivity index (χ3n) is 4.63. The molecule has 0 aliphatic carbocycles. The van der Waals surface area contributed by atoms with E-state index in [0.29, 0.717) is 13.2 Å². The van der Waals surface area contributed by atoms with E-state index in [0.717, 1.165) is 12.1 Å². The number of aryl methyl sites for hydroxylation is 1. The van der Waals surface area contributed by atoms with Crippen LogP contribution in [0.4, 0.5) is 13.2 Å². The molecule has 6 nitrogen and oxygen atoms in total. The van der Waals surface area contributed by atoms with E-state index in [1.165, 1.54) is 36.0 Å². The van der Waals surface area contributed by atoms with Crippen LogP contribution < -0.4 is 5.32 Å². The molecule has 0 unspecified atom stereocenters. The van der Waals surface area contributed by atoms with Crippen LogP contribution in [-0.2, 0) is 29.2 Å². The van der Waals surface area contributed by atoms with Crippen LogP contribution >= 0.6 is 0 Å². The number of benzene rings is 1. The lowest BCUT2D eigenvalue weighted by molar-refractivity contribution is -0.137. The smallest absolute Gasteiger partial charge is 0.376 e. The molecule has 1 aliphatic heterocycles. The van der Waals surface area contributed by atoms with Gasteiger partial charge in [0.15, 0.2) is 5.78 Å². The van der Waals surface area contributed by atoms with Crippen molar-refractivity contribution in [1.29, 1.82) is 0 Å². The van der Waals surface area contributed by atoms with Gasteiger partial charge in [-0.25, -0.2) is 0 Å². The highest BCUT2D eigenvalue weighted by molar-refractivity contribution is 6.43. The summed E-state index contributed by atoms with van der Waals surface area (Å²) in [6.45, 7) is 2.36. The fourth-order valence-corrected chi connectivity index (χ4v) is 3.04. The van der Waals surface area contributed by atoms with E-state index in [9.17, 15) is 27.6 Å². The Bertz CT molecular complexity index is 974. The van der Waals surface area contributed by atoms with Crippen molar-refractivity contribution in [3.05, 3.63) is 58.9 Å². The molecule has 9 heteroatoms. The first-order valence-corrected chi connectivity index (χ1v) is 8.79. The second-order valence-corrected chi connectivity index (χ2v) is 7.36. The molecule has 1 amide bonds. The zero-order valence-corrected chi connectivity index (χ0v) is 15.8. The van der Waals surface area contributed by atoms with Crippen LogP contribution in [0.3, 0.4) is 0 Å². The molecule has 2 heterocycles. The molecule has 154 valence electrons. The lowest BCUT2D eigenvalue weighted by Crippen LogP contribution is -2.61. The van der Waals surface area contributed by atoms with Crippen molar-refractivity contribution in [3.63, 3.8) is 0 Å². The largest absolute Gasteiger partial charge is 0.416 e. The van der Waals surface area contributed by atoms with Gasteiger partial charge in [0.2, 0.25) is 0 Å². The lowest BCUT2D eigenvalue weighted by Gasteiger charge is -2.38. The van der Waals surface area contributed by atoms with E-state index in [2.05, 4.69) is 5.32 Å². The molecule has 1 aromatic heterocycles. The van der Waals surface area contributed by atoms with Crippen LogP contribution in [0.15, 0.2) is 36.5 Å². The molecule has 1 saturated heterocycles. The zero-order valence-electron chi connectivity index (χ0n) is 15.8. The van der Waals surface area contributed by atoms with Crippen LogP contribution in [-0.4, -0.2) is 40.8 Å². The van der Waals surface area contributed by atoms with Crippen LogP contribution in [0.1, 0.15) is 38.9 Å². The van der Waals surface area contributed by atoms with Crippen molar-refractivity contribution < 1.29 is 32.3 Å². The summed E-state index contributed by atoms with van der Waals surface area (Å²) in [5.41, 5.74) is -1.08. The number of nitrogens with one attached hydrogen (secondary N) is 1. The molecule has 0 saturated carbocycles. The predicted octanol–water partition coefficient (Wildman–Crippen LogP) is 2.56. The van der Waals surface area contributed by atoms with Gasteiger partial charge in [0.25, 0.3) is 11.7 Å². The van der Waals surface area contributed by atoms with Gasteiger partial charge < -0.3 is 14.6 Å². The van der Waals surface area contributed by atoms with Gasteiger partial charge in [-0.3, -0.25) is 14.4 Å². The summed E-state index contributed by atoms with van der Waals surface area (Å²) in [5, 5.41) is 2.59. The Morgan fingerprint density at radius 1 is 1.21 bits per heavy atom. The number of ketones is 2. The Labute approximate surface area is 164 Å². The molecule has 1 aromatic carbocycles. The fraction of sp³-hybridized carbons (Fsp3) is 0.350. The standard InChI is InChI=1S/C20H19F3N2O4/c1-19(10-29-11-19)24-18(28)17(27)13-8-15(25(2)9-13)16(26)7-12-4-3-5-14(6-12)20(21,22)23/h3-6,8-9H,7,10-11H2,1-2H3,(H,24,28). The molecule has 2 aromatic rings. The van der Waals surface area contributed by atoms with Gasteiger partial charge in [-0.1, -0.05) is 18.2 Å². The first-order chi connectivity index (χ1) is 13.5. The van der Waals surface area contributed by atoms with E-state index in [-0.39, 0.29) is 23.2 Å². The maximum absolute atomic E-state index is 12.8. The number of hydrogen-bond donors (Lipinski definition) is 1. The van der Waals surface area contributed by atoms with E-state index in [4.69, 9.17) is 4.74 Å². The van der Waals surface area contributed by atoms with Crippen molar-refractivity contribution in [2.45, 2.75) is 25.1 Å². The second-order valence-electron chi connectivity index (χ2n) is 7.36. The van der Waals surface area contributed by atoms with Crippen molar-refractivity contribution >= 4 is 17.5 Å². The molecule has 3 rings (SSSR count). The van der Waals surface area contributed by atoms with E-state index < -0.39 is 34.8 Å². The molecular weight excluding hydrogens is 389 g/mol. The topological polar surface area (TPSA) is 77.4 Å². The number of halogens is 3. The summed E-state index contributed by atoms with van der Waals surface area (Å²) in [4.78, 5) is 37.1. The van der Waals surface area contributed by atoms with Gasteiger partial charge in [-0.05, 0) is 24.6 Å². The molecule has 29 heavy (non-hydrogen) atoms. The number of ether oxygens (including phenoxy) is 1. The maximum Gasteiger partial charge on any atom is 0.416 e. The number of nitrogens with zero attached hydrogens (tertiary/aromatic N) is 1. The second kappa shape index (κ2) is 7.47. The minimum absolute atomic E-state index is 0.0289. The van der Waals surface area contributed by atoms with Gasteiger partial charge in [0.05, 0.1) is 30.0 Å². The monoisotopic (exact) mass is 408 g/mol. The third kappa shape index (κ3) is 4.56. The van der Waals surface area contributed by atoms with Gasteiger partial charge >= 0.3 is 6.18 Å². The summed E-state index contributed by atoms with van der Waals surface area (Å²) >= 11 is 0. The summed E-state index contributed by atoms with van der Waals surface area (Å²) in [6, 6.07) is 5.79. The maximum atomic E-state index is 12.8. The molecule has 1 N–H and O–H groups in total. The van der Waals surface area contributed by atoms with Gasteiger partial charge in [0.1, 0.15) is 0 Å². The first-order valence-electron chi connectivity index (χ1n) is 8.79. The number of carbonyl (C=O) groups is 3. The molecule has 1 aliphatic rings. The molecule has 0 radical (unpaired) electrons. The summed E-state index contributed by atoms with van der Waals surface area (Å²) in [6.07, 6.45) is -3.42. The van der Waals surface area contributed by atoms with E-state index in [1.807, 2.05) is 0 Å². The Morgan fingerprint density at radius 2 is 1.90 bits per heavy atom. The summed E-state index contributed by atoms with van der Waals surface area (Å²) < 4.78 is 44.9. The Balaban J connectivity index is 1.73. The van der Waals surface area contributed by atoms with E-state index in [1.54, 1.807) is 6.92 Å². The quantitative estimate of drug-likeness (QED) is 0.589. The summed E-state index contributed by atoms with van der Waals surface area (Å²) in [5.74, 6) is -2.07. The highest BCUT2D eigenvalue weighted by Gasteiger charge is 2.37. The van der Waals surface area contributed by atoms with Crippen LogP contribution in [0.25, 0.3) is 0 Å². The Kier molecular flexibility index (Phi) is 5.36. The predicted molar refractivity (Wildman–Crippen MR) is 96.6 cm³/mol. The number of carbonyl (C=O) groups excluding carboxylic acids is 3. The minimum Gasteiger partial charge on any atom is -0.376 e. The number of aromatic nitrogens is 1. The Hall–Kier alpha value is -2.94. The molecular formula is C20H19F3N2O4. The van der Waals surface area contributed by atoms with Crippen LogP contribution in [0.5, 0.6) is 0 Å². The average Bonchev–Trinajstić information content (AvgIpc) is 3.01. The molecule has 0 spiro atoms. The number of Topliss-reactive ketones (excluding diaryl/α,β-unsaturated/α-hetero) is 2. The average molecular weight is 408 g/mol. The van der Waals surface area contributed by atoms with Crippen LogP contribution in [0.2, 0.25) is 0 Å².